The smallest absolute Gasteiger partial charge is 0.371 e. The molecule has 1 heterocycles. The van der Waals surface area contributed by atoms with Crippen LogP contribution in [0.5, 0.6) is 0 Å². The molecule has 0 bridgehead atoms. The second kappa shape index (κ2) is 5.44. The van der Waals surface area contributed by atoms with Crippen LogP contribution in [0.15, 0.2) is 40.8 Å². The van der Waals surface area contributed by atoms with Crippen molar-refractivity contribution in [2.45, 2.75) is 0 Å². The number of halogens is 1. The van der Waals surface area contributed by atoms with Gasteiger partial charge >= 0.3 is 5.97 Å². The van der Waals surface area contributed by atoms with Gasteiger partial charge in [0.2, 0.25) is 5.76 Å². The molecule has 2 rings (SSSR count). The minimum absolute atomic E-state index is 0.0731. The summed E-state index contributed by atoms with van der Waals surface area (Å²) in [6.45, 7) is 0. The molecule has 0 saturated heterocycles. The van der Waals surface area contributed by atoms with Crippen LogP contribution < -0.4 is 0 Å². The first-order chi connectivity index (χ1) is 8.70. The Morgan fingerprint density at radius 2 is 1.94 bits per heavy atom. The molecule has 1 N–H and O–H groups in total. The highest BCUT2D eigenvalue weighted by Crippen LogP contribution is 2.22. The number of alkyl halides is 1. The number of carboxylic acids is 1. The summed E-state index contributed by atoms with van der Waals surface area (Å²) in [6.07, 6.45) is 0. The van der Waals surface area contributed by atoms with Crippen LogP contribution in [0, 0.1) is 11.8 Å². The average molecular weight is 261 g/mol. The van der Waals surface area contributed by atoms with Crippen molar-refractivity contribution >= 4 is 17.6 Å². The van der Waals surface area contributed by atoms with Crippen LogP contribution in [0.4, 0.5) is 0 Å². The zero-order chi connectivity index (χ0) is 13.0. The third kappa shape index (κ3) is 2.73. The van der Waals surface area contributed by atoms with Crippen LogP contribution in [0.1, 0.15) is 16.1 Å². The zero-order valence-electron chi connectivity index (χ0n) is 9.31. The van der Waals surface area contributed by atoms with Crippen LogP contribution in [0.25, 0.3) is 11.3 Å². The fourth-order valence-corrected chi connectivity index (χ4v) is 1.53. The predicted molar refractivity (Wildman–Crippen MR) is 68.7 cm³/mol. The number of aromatic carboxylic acids is 1. The number of hydrogen-bond acceptors (Lipinski definition) is 2. The van der Waals surface area contributed by atoms with Crippen molar-refractivity contribution in [3.8, 4) is 23.2 Å². The average Bonchev–Trinajstić information content (AvgIpc) is 2.87. The summed E-state index contributed by atoms with van der Waals surface area (Å²) in [6, 6.07) is 10.4. The van der Waals surface area contributed by atoms with Gasteiger partial charge in [0.25, 0.3) is 0 Å². The normalized spacial score (nSPS) is 9.61. The summed E-state index contributed by atoms with van der Waals surface area (Å²) in [5.74, 6) is 5.31. The van der Waals surface area contributed by atoms with Gasteiger partial charge in [0.05, 0.1) is 5.88 Å². The highest BCUT2D eigenvalue weighted by atomic mass is 35.5. The number of furan rings is 1. The third-order valence-corrected chi connectivity index (χ3v) is 2.42. The summed E-state index contributed by atoms with van der Waals surface area (Å²) in [7, 11) is 0. The quantitative estimate of drug-likeness (QED) is 0.666. The van der Waals surface area contributed by atoms with Crippen molar-refractivity contribution in [3.05, 3.63) is 47.7 Å². The van der Waals surface area contributed by atoms with Crippen molar-refractivity contribution in [3.63, 3.8) is 0 Å². The van der Waals surface area contributed by atoms with E-state index < -0.39 is 5.97 Å². The van der Waals surface area contributed by atoms with E-state index in [1.807, 2.05) is 24.3 Å². The summed E-state index contributed by atoms with van der Waals surface area (Å²) >= 11 is 5.47. The van der Waals surface area contributed by atoms with E-state index >= 15 is 0 Å². The Balaban J connectivity index is 2.25. The van der Waals surface area contributed by atoms with Crippen molar-refractivity contribution in [1.29, 1.82) is 0 Å². The molecule has 0 radical (unpaired) electrons. The number of benzene rings is 1. The van der Waals surface area contributed by atoms with Crippen LogP contribution >= 0.6 is 11.6 Å². The van der Waals surface area contributed by atoms with Gasteiger partial charge in [-0.1, -0.05) is 24.0 Å². The van der Waals surface area contributed by atoms with Gasteiger partial charge in [0.1, 0.15) is 5.76 Å². The number of hydrogen-bond donors (Lipinski definition) is 1. The van der Waals surface area contributed by atoms with Crippen LogP contribution in [0.2, 0.25) is 0 Å². The highest BCUT2D eigenvalue weighted by molar-refractivity contribution is 6.19. The Bertz CT molecular complexity index is 614. The second-order valence-electron chi connectivity index (χ2n) is 3.48. The molecule has 0 aliphatic heterocycles. The maximum absolute atomic E-state index is 10.7. The first kappa shape index (κ1) is 12.3. The van der Waals surface area contributed by atoms with E-state index in [2.05, 4.69) is 11.8 Å². The Morgan fingerprint density at radius 1 is 1.22 bits per heavy atom. The molecule has 0 amide bonds. The van der Waals surface area contributed by atoms with E-state index in [1.54, 1.807) is 6.07 Å². The number of carbonyl (C=O) groups is 1. The largest absolute Gasteiger partial charge is 0.475 e. The minimum Gasteiger partial charge on any atom is -0.475 e. The summed E-state index contributed by atoms with van der Waals surface area (Å²) in [5, 5.41) is 8.76. The van der Waals surface area contributed by atoms with E-state index in [1.165, 1.54) is 6.07 Å². The molecule has 0 atom stereocenters. The topological polar surface area (TPSA) is 50.4 Å². The molecule has 1 aromatic carbocycles. The molecule has 1 aromatic heterocycles. The molecule has 0 aliphatic carbocycles. The van der Waals surface area contributed by atoms with Gasteiger partial charge in [0.15, 0.2) is 0 Å². The predicted octanol–water partition coefficient (Wildman–Crippen LogP) is 3.24. The fraction of sp³-hybridized carbons (Fsp3) is 0.0714. The maximum Gasteiger partial charge on any atom is 0.371 e. The highest BCUT2D eigenvalue weighted by Gasteiger charge is 2.09. The molecule has 0 unspecified atom stereocenters. The summed E-state index contributed by atoms with van der Waals surface area (Å²) < 4.78 is 5.20. The molecule has 90 valence electrons. The third-order valence-electron chi connectivity index (χ3n) is 2.29. The van der Waals surface area contributed by atoms with E-state index in [-0.39, 0.29) is 5.76 Å². The van der Waals surface area contributed by atoms with Crippen LogP contribution in [-0.4, -0.2) is 17.0 Å². The lowest BCUT2D eigenvalue weighted by Gasteiger charge is -1.96. The molecule has 0 saturated carbocycles. The Morgan fingerprint density at radius 3 is 2.50 bits per heavy atom. The van der Waals surface area contributed by atoms with Crippen molar-refractivity contribution < 1.29 is 14.3 Å². The van der Waals surface area contributed by atoms with Gasteiger partial charge in [-0.15, -0.1) is 11.6 Å². The van der Waals surface area contributed by atoms with Gasteiger partial charge in [-0.3, -0.25) is 0 Å². The Hall–Kier alpha value is -2.18. The number of carboxylic acid groups (broad SMARTS) is 1. The lowest BCUT2D eigenvalue weighted by atomic mass is 10.1. The van der Waals surface area contributed by atoms with Gasteiger partial charge in [0, 0.05) is 11.1 Å². The standard InChI is InChI=1S/C14H9ClO3/c15-9-1-2-10-3-5-11(6-4-10)12-7-8-13(18-12)14(16)17/h3-8H,9H2,(H,16,17). The molecule has 0 fully saturated rings. The lowest BCUT2D eigenvalue weighted by molar-refractivity contribution is 0.0663. The molecule has 0 aliphatic rings. The molecule has 0 spiro atoms. The van der Waals surface area contributed by atoms with Crippen LogP contribution in [0.3, 0.4) is 0 Å². The molecule has 18 heavy (non-hydrogen) atoms. The zero-order valence-corrected chi connectivity index (χ0v) is 10.1. The van der Waals surface area contributed by atoms with Gasteiger partial charge in [-0.05, 0) is 24.3 Å². The van der Waals surface area contributed by atoms with Crippen molar-refractivity contribution in [2.75, 3.05) is 5.88 Å². The van der Waals surface area contributed by atoms with E-state index in [9.17, 15) is 4.79 Å². The Labute approximate surface area is 109 Å². The maximum atomic E-state index is 10.7. The van der Waals surface area contributed by atoms with E-state index in [0.717, 1.165) is 11.1 Å². The first-order valence-electron chi connectivity index (χ1n) is 5.19. The van der Waals surface area contributed by atoms with E-state index in [0.29, 0.717) is 11.6 Å². The molecular weight excluding hydrogens is 252 g/mol. The first-order valence-corrected chi connectivity index (χ1v) is 5.72. The Kier molecular flexibility index (Phi) is 3.71. The summed E-state index contributed by atoms with van der Waals surface area (Å²) in [5.41, 5.74) is 1.66. The SMILES string of the molecule is O=C(O)c1ccc(-c2ccc(C#CCCl)cc2)o1. The molecule has 3 nitrogen and oxygen atoms in total. The van der Waals surface area contributed by atoms with E-state index in [4.69, 9.17) is 21.1 Å². The van der Waals surface area contributed by atoms with Crippen LogP contribution in [-0.2, 0) is 0 Å². The van der Waals surface area contributed by atoms with Gasteiger partial charge in [-0.25, -0.2) is 4.79 Å². The van der Waals surface area contributed by atoms with Gasteiger partial charge < -0.3 is 9.52 Å². The monoisotopic (exact) mass is 260 g/mol. The fourth-order valence-electron chi connectivity index (χ4n) is 1.46. The molecule has 2 aromatic rings. The molecule has 4 heteroatoms. The summed E-state index contributed by atoms with van der Waals surface area (Å²) in [4.78, 5) is 10.7. The lowest BCUT2D eigenvalue weighted by Crippen LogP contribution is -1.91. The van der Waals surface area contributed by atoms with Crippen molar-refractivity contribution in [2.24, 2.45) is 0 Å². The van der Waals surface area contributed by atoms with Crippen molar-refractivity contribution in [1.82, 2.24) is 0 Å². The molecular formula is C14H9ClO3. The minimum atomic E-state index is -1.08. The second-order valence-corrected chi connectivity index (χ2v) is 3.75. The van der Waals surface area contributed by atoms with Gasteiger partial charge in [-0.2, -0.15) is 0 Å². The number of rotatable bonds is 2.